The van der Waals surface area contributed by atoms with E-state index in [4.69, 9.17) is 0 Å². The van der Waals surface area contributed by atoms with Gasteiger partial charge in [0.1, 0.15) is 11.2 Å². The van der Waals surface area contributed by atoms with Crippen LogP contribution in [0.25, 0.3) is 5.65 Å². The summed E-state index contributed by atoms with van der Waals surface area (Å²) in [6.45, 7) is 2.56. The summed E-state index contributed by atoms with van der Waals surface area (Å²) in [5.74, 6) is -0.175. The van der Waals surface area contributed by atoms with Crippen LogP contribution in [0.4, 0.5) is 0 Å². The molecule has 0 saturated heterocycles. The monoisotopic (exact) mass is 321 g/mol. The summed E-state index contributed by atoms with van der Waals surface area (Å²) < 4.78 is 1.38. The number of aromatic nitrogens is 2. The van der Waals surface area contributed by atoms with Gasteiger partial charge in [0.25, 0.3) is 11.5 Å². The Morgan fingerprint density at radius 1 is 1.17 bits per heavy atom. The summed E-state index contributed by atoms with van der Waals surface area (Å²) >= 11 is 0. The molecule has 0 aliphatic rings. The van der Waals surface area contributed by atoms with Gasteiger partial charge in [-0.2, -0.15) is 0 Å². The highest BCUT2D eigenvalue weighted by Gasteiger charge is 2.15. The lowest BCUT2D eigenvalue weighted by Crippen LogP contribution is -2.34. The van der Waals surface area contributed by atoms with Crippen LogP contribution in [0.3, 0.4) is 0 Å². The molecule has 5 nitrogen and oxygen atoms in total. The average Bonchev–Trinajstić information content (AvgIpc) is 2.63. The normalized spacial score (nSPS) is 12.0. The molecule has 3 rings (SSSR count). The quantitative estimate of drug-likeness (QED) is 0.786. The second-order valence-electron chi connectivity index (χ2n) is 5.63. The Morgan fingerprint density at radius 3 is 2.67 bits per heavy atom. The number of carbonyl (C=O) groups is 1. The highest BCUT2D eigenvalue weighted by Crippen LogP contribution is 2.18. The third-order valence-electron chi connectivity index (χ3n) is 4.13. The van der Waals surface area contributed by atoms with Crippen LogP contribution in [0.15, 0.2) is 65.7 Å². The molecule has 1 N–H and O–H groups in total. The smallest absolute Gasteiger partial charge is 0.270 e. The van der Waals surface area contributed by atoms with Crippen molar-refractivity contribution in [3.8, 4) is 0 Å². The van der Waals surface area contributed by atoms with Crippen LogP contribution >= 0.6 is 0 Å². The van der Waals surface area contributed by atoms with Crippen molar-refractivity contribution in [1.82, 2.24) is 14.7 Å². The van der Waals surface area contributed by atoms with Crippen molar-refractivity contribution in [3.63, 3.8) is 0 Å². The zero-order chi connectivity index (χ0) is 16.9. The van der Waals surface area contributed by atoms with Gasteiger partial charge in [-0.3, -0.25) is 14.0 Å². The van der Waals surface area contributed by atoms with Gasteiger partial charge < -0.3 is 5.32 Å². The second-order valence-corrected chi connectivity index (χ2v) is 5.63. The van der Waals surface area contributed by atoms with Gasteiger partial charge in [0.15, 0.2) is 0 Å². The fourth-order valence-electron chi connectivity index (χ4n) is 2.72. The minimum Gasteiger partial charge on any atom is -0.351 e. The predicted octanol–water partition coefficient (Wildman–Crippen LogP) is 2.62. The summed E-state index contributed by atoms with van der Waals surface area (Å²) in [4.78, 5) is 29.0. The minimum atomic E-state index is -0.389. The minimum absolute atomic E-state index is 0.0571. The third-order valence-corrected chi connectivity index (χ3v) is 4.13. The van der Waals surface area contributed by atoms with Crippen molar-refractivity contribution in [2.24, 2.45) is 0 Å². The number of carbonyl (C=O) groups excluding carboxylic acids is 1. The first-order chi connectivity index (χ1) is 11.7. The number of pyridine rings is 1. The van der Waals surface area contributed by atoms with Gasteiger partial charge >= 0.3 is 0 Å². The largest absolute Gasteiger partial charge is 0.351 e. The number of fused-ring (bicyclic) bond motifs is 1. The van der Waals surface area contributed by atoms with Crippen LogP contribution in [-0.4, -0.2) is 21.8 Å². The molecule has 0 spiro atoms. The maximum Gasteiger partial charge on any atom is 0.270 e. The van der Waals surface area contributed by atoms with Gasteiger partial charge in [-0.05, 0) is 24.1 Å². The number of rotatable bonds is 5. The topological polar surface area (TPSA) is 63.5 Å². The molecular formula is C19H19N3O2. The summed E-state index contributed by atoms with van der Waals surface area (Å²) in [6.07, 6.45) is 3.86. The number of amides is 1. The molecule has 0 radical (unpaired) electrons. The summed E-state index contributed by atoms with van der Waals surface area (Å²) in [6, 6.07) is 15.3. The molecule has 1 amide bonds. The zero-order valence-corrected chi connectivity index (χ0v) is 13.5. The maximum absolute atomic E-state index is 12.4. The highest BCUT2D eigenvalue weighted by molar-refractivity contribution is 5.93. The van der Waals surface area contributed by atoms with Gasteiger partial charge in [0, 0.05) is 24.9 Å². The van der Waals surface area contributed by atoms with Crippen molar-refractivity contribution in [2.75, 3.05) is 6.54 Å². The summed E-state index contributed by atoms with van der Waals surface area (Å²) in [7, 11) is 0. The third kappa shape index (κ3) is 3.20. The van der Waals surface area contributed by atoms with E-state index >= 15 is 0 Å². The Morgan fingerprint density at radius 2 is 1.92 bits per heavy atom. The summed E-state index contributed by atoms with van der Waals surface area (Å²) in [5, 5.41) is 2.86. The predicted molar refractivity (Wildman–Crippen MR) is 93.3 cm³/mol. The van der Waals surface area contributed by atoms with Crippen molar-refractivity contribution < 1.29 is 4.79 Å². The molecule has 24 heavy (non-hydrogen) atoms. The van der Waals surface area contributed by atoms with Crippen LogP contribution in [0, 0.1) is 0 Å². The first-order valence-corrected chi connectivity index (χ1v) is 8.00. The number of hydrogen-bond acceptors (Lipinski definition) is 3. The van der Waals surface area contributed by atoms with Crippen LogP contribution in [0.5, 0.6) is 0 Å². The molecule has 0 saturated carbocycles. The van der Waals surface area contributed by atoms with Crippen molar-refractivity contribution in [2.45, 2.75) is 19.3 Å². The Balaban J connectivity index is 1.78. The standard InChI is InChI=1S/C19H19N3O2/c1-2-14(15-8-4-3-5-9-15)12-21-18(23)16-13-20-17-10-6-7-11-22(17)19(16)24/h3-11,13-14H,2,12H2,1H3,(H,21,23)/t14-/m1/s1. The zero-order valence-electron chi connectivity index (χ0n) is 13.5. The van der Waals surface area contributed by atoms with E-state index in [1.807, 2.05) is 30.3 Å². The second kappa shape index (κ2) is 7.08. The molecule has 0 unspecified atom stereocenters. The lowest BCUT2D eigenvalue weighted by Gasteiger charge is -2.16. The van der Waals surface area contributed by atoms with Crippen LogP contribution in [0.2, 0.25) is 0 Å². The molecule has 1 aromatic carbocycles. The first kappa shape index (κ1) is 15.9. The molecule has 0 bridgehead atoms. The molecule has 3 aromatic rings. The Labute approximate surface area is 140 Å². The number of nitrogens with one attached hydrogen (secondary N) is 1. The van der Waals surface area contributed by atoms with Gasteiger partial charge in [0.2, 0.25) is 0 Å². The van der Waals surface area contributed by atoms with E-state index in [2.05, 4.69) is 17.2 Å². The van der Waals surface area contributed by atoms with Gasteiger partial charge in [-0.25, -0.2) is 4.98 Å². The van der Waals surface area contributed by atoms with E-state index < -0.39 is 0 Å². The number of benzene rings is 1. The molecule has 2 heterocycles. The van der Waals surface area contributed by atoms with Gasteiger partial charge in [-0.15, -0.1) is 0 Å². The van der Waals surface area contributed by atoms with E-state index in [9.17, 15) is 9.59 Å². The Bertz CT molecular complexity index is 903. The molecular weight excluding hydrogens is 302 g/mol. The molecule has 2 aromatic heterocycles. The fraction of sp³-hybridized carbons (Fsp3) is 0.211. The lowest BCUT2D eigenvalue weighted by atomic mass is 9.96. The average molecular weight is 321 g/mol. The molecule has 1 atom stereocenters. The molecule has 0 aliphatic carbocycles. The molecule has 0 fully saturated rings. The van der Waals surface area contributed by atoms with Crippen LogP contribution in [0.1, 0.15) is 35.2 Å². The van der Waals surface area contributed by atoms with Crippen molar-refractivity contribution in [1.29, 1.82) is 0 Å². The molecule has 0 aliphatic heterocycles. The summed E-state index contributed by atoms with van der Waals surface area (Å²) in [5.41, 5.74) is 1.40. The Hall–Kier alpha value is -2.95. The van der Waals surface area contributed by atoms with E-state index in [1.54, 1.807) is 24.4 Å². The fourth-order valence-corrected chi connectivity index (χ4v) is 2.72. The molecule has 5 heteroatoms. The highest BCUT2D eigenvalue weighted by atomic mass is 16.2. The van der Waals surface area contributed by atoms with E-state index in [1.165, 1.54) is 16.2 Å². The maximum atomic E-state index is 12.4. The lowest BCUT2D eigenvalue weighted by molar-refractivity contribution is 0.0949. The van der Waals surface area contributed by atoms with Crippen LogP contribution in [-0.2, 0) is 0 Å². The SMILES string of the molecule is CC[C@H](CNC(=O)c1cnc2ccccn2c1=O)c1ccccc1. The van der Waals surface area contributed by atoms with Gasteiger partial charge in [-0.1, -0.05) is 43.3 Å². The van der Waals surface area contributed by atoms with Crippen molar-refractivity contribution >= 4 is 11.6 Å². The van der Waals surface area contributed by atoms with E-state index in [-0.39, 0.29) is 22.9 Å². The number of hydrogen-bond donors (Lipinski definition) is 1. The first-order valence-electron chi connectivity index (χ1n) is 8.00. The Kier molecular flexibility index (Phi) is 4.70. The number of nitrogens with zero attached hydrogens (tertiary/aromatic N) is 2. The van der Waals surface area contributed by atoms with E-state index in [0.717, 1.165) is 6.42 Å². The van der Waals surface area contributed by atoms with E-state index in [0.29, 0.717) is 12.2 Å². The van der Waals surface area contributed by atoms with Crippen LogP contribution < -0.4 is 10.9 Å². The van der Waals surface area contributed by atoms with Crippen molar-refractivity contribution in [3.05, 3.63) is 82.4 Å². The molecule has 122 valence electrons. The van der Waals surface area contributed by atoms with Gasteiger partial charge in [0.05, 0.1) is 0 Å².